The molecule has 0 atom stereocenters. The number of rotatable bonds is 2. The zero-order valence-electron chi connectivity index (χ0n) is 7.03. The molecular formula is C9H5ClN4. The minimum Gasteiger partial charge on any atom is -0.345 e. The number of anilines is 1. The summed E-state index contributed by atoms with van der Waals surface area (Å²) in [5.74, 6) is 0.525. The molecular weight excluding hydrogens is 200 g/mol. The zero-order chi connectivity index (χ0) is 10.4. The molecule has 1 heterocycles. The van der Waals surface area contributed by atoms with Crippen LogP contribution in [0, 0.1) is 22.7 Å². The zero-order valence-corrected chi connectivity index (χ0v) is 7.78. The van der Waals surface area contributed by atoms with Gasteiger partial charge in [0.1, 0.15) is 23.5 Å². The molecule has 14 heavy (non-hydrogen) atoms. The molecule has 1 rings (SSSR count). The van der Waals surface area contributed by atoms with Crippen LogP contribution >= 0.6 is 11.6 Å². The maximum Gasteiger partial charge on any atom is 0.145 e. The van der Waals surface area contributed by atoms with Gasteiger partial charge in [0.05, 0.1) is 5.02 Å². The van der Waals surface area contributed by atoms with Crippen molar-refractivity contribution in [2.45, 2.75) is 0 Å². The number of pyridine rings is 1. The van der Waals surface area contributed by atoms with Crippen LogP contribution in [0.3, 0.4) is 0 Å². The Labute approximate surface area is 86.1 Å². The van der Waals surface area contributed by atoms with Gasteiger partial charge < -0.3 is 5.32 Å². The molecule has 1 aromatic rings. The maximum absolute atomic E-state index is 8.43. The Morgan fingerprint density at radius 1 is 1.43 bits per heavy atom. The lowest BCUT2D eigenvalue weighted by Crippen LogP contribution is -1.91. The van der Waals surface area contributed by atoms with E-state index in [1.807, 2.05) is 0 Å². The molecule has 0 aromatic carbocycles. The van der Waals surface area contributed by atoms with Crippen molar-refractivity contribution >= 4 is 17.4 Å². The highest BCUT2D eigenvalue weighted by Crippen LogP contribution is 2.09. The second-order valence-corrected chi connectivity index (χ2v) is 2.72. The normalized spacial score (nSPS) is 8.21. The molecule has 68 valence electrons. The third-order valence-electron chi connectivity index (χ3n) is 1.33. The fraction of sp³-hybridized carbons (Fsp3) is 0. The summed E-state index contributed by atoms with van der Waals surface area (Å²) in [5, 5.41) is 20.1. The van der Waals surface area contributed by atoms with Gasteiger partial charge in [-0.3, -0.25) is 0 Å². The molecule has 5 heteroatoms. The second kappa shape index (κ2) is 4.86. The van der Waals surface area contributed by atoms with Gasteiger partial charge >= 0.3 is 0 Å². The number of nitrogens with one attached hydrogen (secondary N) is 1. The fourth-order valence-electron chi connectivity index (χ4n) is 0.697. The first kappa shape index (κ1) is 10.0. The first-order valence-electron chi connectivity index (χ1n) is 3.64. The van der Waals surface area contributed by atoms with Gasteiger partial charge in [-0.1, -0.05) is 11.6 Å². The van der Waals surface area contributed by atoms with Crippen molar-refractivity contribution in [1.82, 2.24) is 4.98 Å². The van der Waals surface area contributed by atoms with Gasteiger partial charge in [-0.2, -0.15) is 10.5 Å². The Morgan fingerprint density at radius 3 is 2.64 bits per heavy atom. The molecule has 1 N–H and O–H groups in total. The minimum absolute atomic E-state index is 0.0123. The van der Waals surface area contributed by atoms with E-state index < -0.39 is 0 Å². The van der Waals surface area contributed by atoms with Crippen LogP contribution in [-0.4, -0.2) is 4.98 Å². The van der Waals surface area contributed by atoms with Crippen molar-refractivity contribution in [1.29, 1.82) is 10.5 Å². The summed E-state index contributed by atoms with van der Waals surface area (Å²) in [6.07, 6.45) is 2.76. The van der Waals surface area contributed by atoms with E-state index in [4.69, 9.17) is 22.1 Å². The molecule has 0 saturated carbocycles. The number of allylic oxidation sites excluding steroid dienone is 1. The number of hydrogen-bond acceptors (Lipinski definition) is 4. The summed E-state index contributed by atoms with van der Waals surface area (Å²) in [5.41, 5.74) is -0.0123. The van der Waals surface area contributed by atoms with E-state index >= 15 is 0 Å². The highest BCUT2D eigenvalue weighted by atomic mass is 35.5. The predicted molar refractivity (Wildman–Crippen MR) is 52.2 cm³/mol. The first-order chi connectivity index (χ1) is 6.76. The molecule has 0 aliphatic carbocycles. The quantitative estimate of drug-likeness (QED) is 0.749. The van der Waals surface area contributed by atoms with Gasteiger partial charge in [0, 0.05) is 12.4 Å². The first-order valence-corrected chi connectivity index (χ1v) is 4.02. The smallest absolute Gasteiger partial charge is 0.145 e. The number of nitriles is 2. The molecule has 0 amide bonds. The van der Waals surface area contributed by atoms with Crippen LogP contribution < -0.4 is 5.32 Å². The van der Waals surface area contributed by atoms with Crippen molar-refractivity contribution in [3.05, 3.63) is 35.1 Å². The lowest BCUT2D eigenvalue weighted by Gasteiger charge is -1.97. The van der Waals surface area contributed by atoms with Gasteiger partial charge in [-0.05, 0) is 12.1 Å². The molecule has 0 aliphatic heterocycles. The summed E-state index contributed by atoms with van der Waals surface area (Å²) in [7, 11) is 0. The largest absolute Gasteiger partial charge is 0.345 e. The summed E-state index contributed by atoms with van der Waals surface area (Å²) in [6, 6.07) is 6.73. The van der Waals surface area contributed by atoms with E-state index in [0.29, 0.717) is 10.8 Å². The summed E-state index contributed by atoms with van der Waals surface area (Å²) in [6.45, 7) is 0. The minimum atomic E-state index is -0.0123. The summed E-state index contributed by atoms with van der Waals surface area (Å²) >= 11 is 5.62. The van der Waals surface area contributed by atoms with Crippen LogP contribution in [0.5, 0.6) is 0 Å². The van der Waals surface area contributed by atoms with E-state index in [2.05, 4.69) is 10.3 Å². The lowest BCUT2D eigenvalue weighted by molar-refractivity contribution is 1.30. The molecule has 1 aromatic heterocycles. The summed E-state index contributed by atoms with van der Waals surface area (Å²) < 4.78 is 0. The molecule has 4 nitrogen and oxygen atoms in total. The van der Waals surface area contributed by atoms with Gasteiger partial charge in [-0.15, -0.1) is 0 Å². The van der Waals surface area contributed by atoms with Crippen LogP contribution in [0.1, 0.15) is 0 Å². The Kier molecular flexibility index (Phi) is 3.49. The molecule has 0 saturated heterocycles. The van der Waals surface area contributed by atoms with E-state index in [0.717, 1.165) is 0 Å². The standard InChI is InChI=1S/C9H5ClN4/c10-8-1-2-9(14-6-8)13-5-7(3-11)4-12/h1-2,5-6H,(H,13,14). The lowest BCUT2D eigenvalue weighted by atomic mass is 10.3. The van der Waals surface area contributed by atoms with E-state index in [1.54, 1.807) is 24.3 Å². The van der Waals surface area contributed by atoms with Crippen molar-refractivity contribution < 1.29 is 0 Å². The highest BCUT2D eigenvalue weighted by Gasteiger charge is 1.93. The van der Waals surface area contributed by atoms with Gasteiger partial charge in [-0.25, -0.2) is 4.98 Å². The van der Waals surface area contributed by atoms with E-state index in [1.165, 1.54) is 12.4 Å². The molecule has 0 bridgehead atoms. The van der Waals surface area contributed by atoms with Gasteiger partial charge in [0.15, 0.2) is 0 Å². The predicted octanol–water partition coefficient (Wildman–Crippen LogP) is 2.08. The number of halogens is 1. The van der Waals surface area contributed by atoms with E-state index in [-0.39, 0.29) is 5.57 Å². The molecule has 0 radical (unpaired) electrons. The van der Waals surface area contributed by atoms with Crippen molar-refractivity contribution in [3.63, 3.8) is 0 Å². The van der Waals surface area contributed by atoms with Gasteiger partial charge in [0.25, 0.3) is 0 Å². The molecule has 0 spiro atoms. The van der Waals surface area contributed by atoms with Crippen LogP contribution in [0.4, 0.5) is 5.82 Å². The third kappa shape index (κ3) is 2.78. The number of aromatic nitrogens is 1. The topological polar surface area (TPSA) is 72.5 Å². The second-order valence-electron chi connectivity index (χ2n) is 2.29. The Bertz CT molecular complexity index is 406. The van der Waals surface area contributed by atoms with Crippen molar-refractivity contribution in [3.8, 4) is 12.1 Å². The number of hydrogen-bond donors (Lipinski definition) is 1. The van der Waals surface area contributed by atoms with Crippen LogP contribution in [0.25, 0.3) is 0 Å². The Hall–Kier alpha value is -2.04. The SMILES string of the molecule is N#CC(C#N)=CNc1ccc(Cl)cn1. The monoisotopic (exact) mass is 204 g/mol. The number of nitrogens with zero attached hydrogens (tertiary/aromatic N) is 3. The molecule has 0 aliphatic rings. The Balaban J connectivity index is 2.73. The van der Waals surface area contributed by atoms with Crippen LogP contribution in [0.15, 0.2) is 30.1 Å². The van der Waals surface area contributed by atoms with Gasteiger partial charge in [0.2, 0.25) is 0 Å². The average molecular weight is 205 g/mol. The average Bonchev–Trinajstić information content (AvgIpc) is 2.22. The van der Waals surface area contributed by atoms with Crippen molar-refractivity contribution in [2.24, 2.45) is 0 Å². The highest BCUT2D eigenvalue weighted by molar-refractivity contribution is 6.30. The molecule has 0 unspecified atom stereocenters. The molecule has 0 fully saturated rings. The maximum atomic E-state index is 8.43. The van der Waals surface area contributed by atoms with Crippen molar-refractivity contribution in [2.75, 3.05) is 5.32 Å². The summed E-state index contributed by atoms with van der Waals surface area (Å²) in [4.78, 5) is 3.91. The van der Waals surface area contributed by atoms with Crippen LogP contribution in [0.2, 0.25) is 5.02 Å². The van der Waals surface area contributed by atoms with Crippen LogP contribution in [-0.2, 0) is 0 Å². The fourth-order valence-corrected chi connectivity index (χ4v) is 0.809. The van der Waals surface area contributed by atoms with E-state index in [9.17, 15) is 0 Å². The third-order valence-corrected chi connectivity index (χ3v) is 1.56. The Morgan fingerprint density at radius 2 is 2.14 bits per heavy atom.